The molecule has 6 atom stereocenters. The van der Waals surface area contributed by atoms with Crippen LogP contribution in [0.15, 0.2) is 90.0 Å². The van der Waals surface area contributed by atoms with Crippen molar-refractivity contribution in [3.8, 4) is 17.6 Å². The van der Waals surface area contributed by atoms with Gasteiger partial charge in [-0.25, -0.2) is 14.2 Å². The van der Waals surface area contributed by atoms with Gasteiger partial charge in [0.05, 0.1) is 45.1 Å². The Bertz CT molecular complexity index is 2490. The third-order valence-corrected chi connectivity index (χ3v) is 14.4. The predicted octanol–water partition coefficient (Wildman–Crippen LogP) is 8.14. The van der Waals surface area contributed by atoms with Crippen LogP contribution in [0.3, 0.4) is 0 Å². The Labute approximate surface area is 392 Å². The number of H-pyrrole nitrogens is 1. The lowest BCUT2D eigenvalue weighted by atomic mass is 9.64. The molecule has 0 spiro atoms. The van der Waals surface area contributed by atoms with E-state index in [1.807, 2.05) is 107 Å². The van der Waals surface area contributed by atoms with Crippen LogP contribution in [-0.2, 0) is 33.3 Å². The number of fused-ring (bicyclic) bond motifs is 1. The molecule has 17 nitrogen and oxygen atoms in total. The minimum atomic E-state index is -4.43. The molecule has 6 rings (SSSR count). The molecular formula is C49H64N7O10P. The zero-order chi connectivity index (χ0) is 48.5. The predicted molar refractivity (Wildman–Crippen MR) is 254 cm³/mol. The van der Waals surface area contributed by atoms with Gasteiger partial charge >= 0.3 is 7.75 Å². The van der Waals surface area contributed by atoms with Crippen molar-refractivity contribution in [2.45, 2.75) is 122 Å². The van der Waals surface area contributed by atoms with Crippen molar-refractivity contribution < 1.29 is 42.5 Å². The van der Waals surface area contributed by atoms with Gasteiger partial charge in [0.25, 0.3) is 5.56 Å². The Kier molecular flexibility index (Phi) is 17.2. The number of rotatable bonds is 23. The van der Waals surface area contributed by atoms with Crippen molar-refractivity contribution in [1.82, 2.24) is 24.2 Å². The topological polar surface area (TPSA) is 212 Å². The van der Waals surface area contributed by atoms with Crippen LogP contribution >= 0.6 is 7.75 Å². The average molecular weight is 942 g/mol. The maximum absolute atomic E-state index is 15.8. The first-order valence-electron chi connectivity index (χ1n) is 22.8. The summed E-state index contributed by atoms with van der Waals surface area (Å²) in [7, 11) is -1.28. The molecule has 3 aromatic carbocycles. The second-order valence-electron chi connectivity index (χ2n) is 17.3. The first kappa shape index (κ1) is 51.0. The molecule has 1 saturated heterocycles. The number of aromatic amines is 1. The first-order valence-corrected chi connectivity index (χ1v) is 24.3. The number of unbranched alkanes of at least 4 members (excludes halogenated alkanes) is 2. The monoisotopic (exact) mass is 941 g/mol. The average Bonchev–Trinajstić information content (AvgIpc) is 3.89. The van der Waals surface area contributed by atoms with Gasteiger partial charge in [0, 0.05) is 24.6 Å². The number of imidazole rings is 1. The van der Waals surface area contributed by atoms with Crippen LogP contribution in [0, 0.1) is 17.2 Å². The molecule has 18 heteroatoms. The van der Waals surface area contributed by atoms with Gasteiger partial charge in [0.2, 0.25) is 11.9 Å². The summed E-state index contributed by atoms with van der Waals surface area (Å²) in [5.41, 5.74) is -0.116. The molecule has 360 valence electrons. The summed E-state index contributed by atoms with van der Waals surface area (Å²) in [6.07, 6.45) is -3.11. The van der Waals surface area contributed by atoms with Gasteiger partial charge in [-0.15, -0.1) is 0 Å². The van der Waals surface area contributed by atoms with Gasteiger partial charge in [0.15, 0.2) is 17.4 Å². The summed E-state index contributed by atoms with van der Waals surface area (Å²) in [4.78, 5) is 38.2. The second-order valence-corrected chi connectivity index (χ2v) is 19.2. The van der Waals surface area contributed by atoms with E-state index in [-0.39, 0.29) is 54.7 Å². The van der Waals surface area contributed by atoms with Crippen LogP contribution in [0.4, 0.5) is 5.95 Å². The molecule has 0 bridgehead atoms. The lowest BCUT2D eigenvalue weighted by Crippen LogP contribution is -2.53. The Balaban J connectivity index is 1.66. The molecule has 3 N–H and O–H groups in total. The molecule has 1 aliphatic rings. The Hall–Kier alpha value is -5.44. The van der Waals surface area contributed by atoms with E-state index >= 15 is 4.57 Å². The third-order valence-electron chi connectivity index (χ3n) is 11.9. The number of ether oxygens (including phenoxy) is 4. The number of hydrogen-bond donors (Lipinski definition) is 3. The highest BCUT2D eigenvalue weighted by Crippen LogP contribution is 2.59. The van der Waals surface area contributed by atoms with Crippen LogP contribution in [0.5, 0.6) is 11.5 Å². The highest BCUT2D eigenvalue weighted by molar-refractivity contribution is 7.51. The lowest BCUT2D eigenvalue weighted by Gasteiger charge is -2.44. The Morgan fingerprint density at radius 1 is 0.925 bits per heavy atom. The van der Waals surface area contributed by atoms with Crippen molar-refractivity contribution >= 4 is 30.8 Å². The van der Waals surface area contributed by atoms with E-state index in [1.54, 1.807) is 32.7 Å². The fraction of sp³-hybridized carbons (Fsp3) is 0.490. The van der Waals surface area contributed by atoms with Crippen molar-refractivity contribution in [2.75, 3.05) is 32.8 Å². The van der Waals surface area contributed by atoms with Gasteiger partial charge in [-0.2, -0.15) is 10.2 Å². The summed E-state index contributed by atoms with van der Waals surface area (Å²) in [5, 5.41) is 26.1. The number of nitrogens with zero attached hydrogens (tertiary/aromatic N) is 5. The Morgan fingerprint density at radius 2 is 1.52 bits per heavy atom. The fourth-order valence-corrected chi connectivity index (χ4v) is 11.1. The van der Waals surface area contributed by atoms with Crippen LogP contribution in [-0.4, -0.2) is 99.1 Å². The second kappa shape index (κ2) is 22.6. The largest absolute Gasteiger partial charge is 0.497 e. The fourth-order valence-electron chi connectivity index (χ4n) is 8.79. The standard InChI is InChI=1S/C49H64N7O10P/c1-10-11-15-28-63-42-40(66-67(60,64-29-16-27-50)56(32(4)5)33(6)7)41(65-47(42)55-30-51-39-44(55)52-48(54-46(39)59)53-45(58)31(2)3)43(57)49(34-17-13-12-14-18-34,35-19-23-37(61-8)24-20-35)36-21-25-38(62-9)26-22-36/h12-14,17-26,30-33,40-43,47,57H,10-11,15-16,28-29H2,1-9H3,(H2,52,53,54,58,59)/t40-,41+,42-,43?,47-,67?/m1/s1. The van der Waals surface area contributed by atoms with E-state index in [2.05, 4.69) is 33.3 Å². The van der Waals surface area contributed by atoms with E-state index in [0.717, 1.165) is 12.8 Å². The molecule has 67 heavy (non-hydrogen) atoms. The number of aromatic nitrogens is 4. The summed E-state index contributed by atoms with van der Waals surface area (Å²) in [6.45, 7) is 13.0. The zero-order valence-corrected chi connectivity index (χ0v) is 40.6. The van der Waals surface area contributed by atoms with Crippen molar-refractivity contribution in [3.63, 3.8) is 0 Å². The number of anilines is 1. The highest BCUT2D eigenvalue weighted by Gasteiger charge is 2.59. The zero-order valence-electron chi connectivity index (χ0n) is 39.7. The van der Waals surface area contributed by atoms with Crippen LogP contribution in [0.1, 0.15) is 97.1 Å². The number of nitrogens with one attached hydrogen (secondary N) is 2. The van der Waals surface area contributed by atoms with Gasteiger partial charge in [-0.05, 0) is 75.1 Å². The number of aliphatic hydroxyl groups excluding tert-OH is 1. The number of aliphatic hydroxyl groups is 1. The molecule has 0 radical (unpaired) electrons. The number of benzene rings is 3. The highest BCUT2D eigenvalue weighted by atomic mass is 31.2. The van der Waals surface area contributed by atoms with Crippen molar-refractivity contribution in [1.29, 1.82) is 5.26 Å². The molecule has 1 aliphatic heterocycles. The van der Waals surface area contributed by atoms with E-state index < -0.39 is 55.3 Å². The smallest absolute Gasteiger partial charge is 0.409 e. The molecule has 0 aliphatic carbocycles. The van der Waals surface area contributed by atoms with Crippen LogP contribution in [0.25, 0.3) is 11.2 Å². The molecule has 3 heterocycles. The number of methoxy groups -OCH3 is 2. The van der Waals surface area contributed by atoms with Gasteiger partial charge in [-0.3, -0.25) is 33.5 Å². The number of amides is 1. The SMILES string of the molecule is CCCCCO[C@@H]1[C@H](OP(=O)(OCCC#N)N(C(C)C)C(C)C)[C@@H](C(O)C(c2ccccc2)(c2ccc(OC)cc2)c2ccc(OC)cc2)O[C@H]1n1cnc2c(=O)[nH]c(NC(=O)C(C)C)nc21. The summed E-state index contributed by atoms with van der Waals surface area (Å²) in [5.74, 6) is 0.271. The molecule has 2 unspecified atom stereocenters. The summed E-state index contributed by atoms with van der Waals surface area (Å²) in [6, 6.07) is 25.5. The van der Waals surface area contributed by atoms with Crippen molar-refractivity contribution in [2.24, 2.45) is 5.92 Å². The van der Waals surface area contributed by atoms with Crippen LogP contribution in [0.2, 0.25) is 0 Å². The lowest BCUT2D eigenvalue weighted by molar-refractivity contribution is -0.118. The minimum Gasteiger partial charge on any atom is -0.497 e. The van der Waals surface area contributed by atoms with E-state index in [0.29, 0.717) is 34.6 Å². The van der Waals surface area contributed by atoms with Gasteiger partial charge < -0.3 is 24.1 Å². The van der Waals surface area contributed by atoms with Gasteiger partial charge in [0.1, 0.15) is 35.9 Å². The number of carbonyl (C=O) groups excluding carboxylic acids is 1. The van der Waals surface area contributed by atoms with Crippen LogP contribution < -0.4 is 20.3 Å². The molecule has 1 fully saturated rings. The molecule has 2 aromatic heterocycles. The maximum atomic E-state index is 15.8. The molecule has 1 amide bonds. The minimum absolute atomic E-state index is 0.0444. The van der Waals surface area contributed by atoms with E-state index in [1.165, 1.54) is 10.9 Å². The van der Waals surface area contributed by atoms with Gasteiger partial charge in [-0.1, -0.05) is 88.2 Å². The molecule has 5 aromatic rings. The van der Waals surface area contributed by atoms with Crippen molar-refractivity contribution in [3.05, 3.63) is 112 Å². The van der Waals surface area contributed by atoms with E-state index in [4.69, 9.17) is 28.0 Å². The summed E-state index contributed by atoms with van der Waals surface area (Å²) >= 11 is 0. The first-order chi connectivity index (χ1) is 32.1. The number of nitriles is 1. The van der Waals surface area contributed by atoms with E-state index in [9.17, 15) is 20.0 Å². The molecular weight excluding hydrogens is 878 g/mol. The number of carbonyl (C=O) groups is 1. The Morgan fingerprint density at radius 3 is 2.06 bits per heavy atom. The maximum Gasteiger partial charge on any atom is 0.409 e. The number of hydrogen-bond acceptors (Lipinski definition) is 13. The summed E-state index contributed by atoms with van der Waals surface area (Å²) < 4.78 is 57.3. The normalized spacial score (nSPS) is 18.9. The molecule has 0 saturated carbocycles. The quantitative estimate of drug-likeness (QED) is 0.0321. The third kappa shape index (κ3) is 10.8.